The molecular formula is C81H47BN2O2. The van der Waals surface area contributed by atoms with E-state index in [0.29, 0.717) is 11.2 Å². The van der Waals surface area contributed by atoms with E-state index in [9.17, 15) is 0 Å². The van der Waals surface area contributed by atoms with Crippen molar-refractivity contribution in [2.75, 3.05) is 0 Å². The molecule has 0 radical (unpaired) electrons. The zero-order valence-corrected chi connectivity index (χ0v) is 46.4. The summed E-state index contributed by atoms with van der Waals surface area (Å²) in [6, 6.07) is 108. The normalized spacial score (nSPS) is 15.2. The lowest BCUT2D eigenvalue weighted by Gasteiger charge is -2.55. The van der Waals surface area contributed by atoms with Gasteiger partial charge in [0, 0.05) is 11.4 Å². The van der Waals surface area contributed by atoms with E-state index in [2.05, 4.69) is 288 Å². The fraction of sp³-hybridized carbons (Fsp3) is 0.0370. The molecule has 21 rings (SSSR count). The van der Waals surface area contributed by atoms with Crippen LogP contribution in [-0.4, -0.2) is 15.8 Å². The Morgan fingerprint density at radius 1 is 0.233 bits per heavy atom. The molecule has 0 bridgehead atoms. The molecule has 0 atom stereocenters. The van der Waals surface area contributed by atoms with Gasteiger partial charge < -0.3 is 18.0 Å². The summed E-state index contributed by atoms with van der Waals surface area (Å²) in [6.45, 7) is -0.109. The monoisotopic (exact) mass is 1090 g/mol. The number of hydrogen-bond acceptors (Lipinski definition) is 2. The first kappa shape index (κ1) is 45.6. The van der Waals surface area contributed by atoms with Crippen molar-refractivity contribution >= 4 is 67.5 Å². The molecule has 0 amide bonds. The topological polar surface area (TPSA) is 36.1 Å². The van der Waals surface area contributed by atoms with E-state index in [1.165, 1.54) is 117 Å². The lowest BCUT2D eigenvalue weighted by atomic mass is 9.22. The minimum atomic E-state index is -0.760. The Morgan fingerprint density at radius 2 is 0.523 bits per heavy atom. The molecule has 3 spiro atoms. The molecule has 5 heteroatoms. The van der Waals surface area contributed by atoms with Gasteiger partial charge in [-0.05, 0) is 161 Å². The van der Waals surface area contributed by atoms with Crippen molar-refractivity contribution in [3.63, 3.8) is 0 Å². The molecule has 86 heavy (non-hydrogen) atoms. The Kier molecular flexibility index (Phi) is 8.41. The molecule has 2 aromatic heterocycles. The summed E-state index contributed by atoms with van der Waals surface area (Å²) in [4.78, 5) is 0. The molecule has 6 aliphatic rings. The van der Waals surface area contributed by atoms with E-state index >= 15 is 0 Å². The van der Waals surface area contributed by atoms with Crippen LogP contribution in [0.3, 0.4) is 0 Å². The van der Waals surface area contributed by atoms with Gasteiger partial charge >= 0.3 is 0 Å². The molecular weight excluding hydrogens is 1040 g/mol. The Hall–Kier alpha value is -10.9. The van der Waals surface area contributed by atoms with Crippen LogP contribution in [0.4, 0.5) is 0 Å². The smallest absolute Gasteiger partial charge is 0.243 e. The fourth-order valence-corrected chi connectivity index (χ4v) is 18.2. The number of rotatable bonds is 2. The lowest BCUT2D eigenvalue weighted by Crippen LogP contribution is -2.72. The second-order valence-corrected chi connectivity index (χ2v) is 24.4. The van der Waals surface area contributed by atoms with Crippen molar-refractivity contribution in [2.24, 2.45) is 0 Å². The average molecular weight is 1090 g/mol. The van der Waals surface area contributed by atoms with Crippen molar-refractivity contribution in [1.82, 2.24) is 9.13 Å². The van der Waals surface area contributed by atoms with Crippen LogP contribution in [0.1, 0.15) is 66.8 Å². The maximum atomic E-state index is 7.31. The van der Waals surface area contributed by atoms with Gasteiger partial charge in [-0.25, -0.2) is 0 Å². The molecule has 0 N–H and O–H groups in total. The summed E-state index contributed by atoms with van der Waals surface area (Å²) in [5.41, 5.74) is 34.5. The Balaban J connectivity index is 0.994. The first-order valence-electron chi connectivity index (χ1n) is 30.1. The van der Waals surface area contributed by atoms with E-state index in [1.54, 1.807) is 0 Å². The van der Waals surface area contributed by atoms with Crippen molar-refractivity contribution in [1.29, 1.82) is 0 Å². The average Bonchev–Trinajstić information content (AvgIpc) is 1.26. The molecule has 15 aromatic rings. The molecule has 0 saturated carbocycles. The summed E-state index contributed by atoms with van der Waals surface area (Å²) in [7, 11) is 0. The summed E-state index contributed by atoms with van der Waals surface area (Å²) in [5.74, 6) is 0. The second kappa shape index (κ2) is 15.9. The van der Waals surface area contributed by atoms with Crippen LogP contribution < -0.4 is 16.4 Å². The van der Waals surface area contributed by atoms with Crippen molar-refractivity contribution in [3.05, 3.63) is 352 Å². The maximum absolute atomic E-state index is 7.31. The number of aromatic nitrogens is 2. The summed E-state index contributed by atoms with van der Waals surface area (Å²) in [6.07, 6.45) is 0. The van der Waals surface area contributed by atoms with E-state index in [-0.39, 0.29) is 6.71 Å². The summed E-state index contributed by atoms with van der Waals surface area (Å²) in [5, 5.41) is 0. The van der Waals surface area contributed by atoms with E-state index < -0.39 is 16.2 Å². The van der Waals surface area contributed by atoms with Crippen LogP contribution in [-0.2, 0) is 16.2 Å². The third-order valence-electron chi connectivity index (χ3n) is 21.0. The quantitative estimate of drug-likeness (QED) is 0.0982. The van der Waals surface area contributed by atoms with Crippen LogP contribution in [0.2, 0.25) is 0 Å². The minimum absolute atomic E-state index is 0.109. The number of para-hydroxylation sites is 5. The Labute approximate surface area is 495 Å². The predicted molar refractivity (Wildman–Crippen MR) is 347 cm³/mol. The molecule has 13 aromatic carbocycles. The third-order valence-corrected chi connectivity index (χ3v) is 21.0. The van der Waals surface area contributed by atoms with Gasteiger partial charge in [-0.2, -0.15) is 0 Å². The fourth-order valence-electron chi connectivity index (χ4n) is 18.2. The van der Waals surface area contributed by atoms with Gasteiger partial charge in [-0.3, -0.25) is 0 Å². The van der Waals surface area contributed by atoms with Gasteiger partial charge in [0.15, 0.2) is 22.3 Å². The molecule has 0 saturated heterocycles. The molecule has 0 fully saturated rings. The van der Waals surface area contributed by atoms with Gasteiger partial charge in [0.2, 0.25) is 6.71 Å². The molecule has 396 valence electrons. The van der Waals surface area contributed by atoms with Crippen LogP contribution in [0.15, 0.2) is 294 Å². The highest BCUT2D eigenvalue weighted by atomic mass is 16.4. The highest BCUT2D eigenvalue weighted by Crippen LogP contribution is 2.65. The third kappa shape index (κ3) is 5.06. The maximum Gasteiger partial charge on any atom is 0.243 e. The van der Waals surface area contributed by atoms with Crippen molar-refractivity contribution in [2.45, 2.75) is 16.2 Å². The van der Waals surface area contributed by atoms with Crippen LogP contribution in [0, 0.1) is 0 Å². The van der Waals surface area contributed by atoms with Gasteiger partial charge in [-0.15, -0.1) is 0 Å². The Morgan fingerprint density at radius 3 is 0.907 bits per heavy atom. The minimum Gasteiger partial charge on any atom is -0.449 e. The number of benzene rings is 13. The number of nitrogens with zero attached hydrogens (tertiary/aromatic N) is 2. The van der Waals surface area contributed by atoms with E-state index in [0.717, 1.165) is 44.6 Å². The largest absolute Gasteiger partial charge is 0.449 e. The van der Waals surface area contributed by atoms with Crippen LogP contribution >= 0.6 is 0 Å². The van der Waals surface area contributed by atoms with Crippen LogP contribution in [0.5, 0.6) is 0 Å². The molecule has 3 aliphatic heterocycles. The highest BCUT2D eigenvalue weighted by molar-refractivity contribution is 6.98. The number of hydrogen-bond donors (Lipinski definition) is 0. The number of fused-ring (bicyclic) bond motifs is 26. The zero-order chi connectivity index (χ0) is 55.8. The van der Waals surface area contributed by atoms with Gasteiger partial charge in [-0.1, -0.05) is 241 Å². The molecule has 3 aliphatic carbocycles. The summed E-state index contributed by atoms with van der Waals surface area (Å²) >= 11 is 0. The highest BCUT2D eigenvalue weighted by Gasteiger charge is 2.64. The zero-order valence-electron chi connectivity index (χ0n) is 46.4. The van der Waals surface area contributed by atoms with Crippen LogP contribution in [0.25, 0.3) is 89.2 Å². The molecule has 5 heterocycles. The SMILES string of the molecule is c1ccc(-n2c3ccccc3oc3c4oc5ccccc5n(-c5cc6c7c(c5)C5(c8ccccc8-c8ccccc85)c5cccc8c5B7c5c(cccc5C65c6ccccc6-c6ccccc65)C85c6ccccc6-c6ccccc65)c4ccc32)cc1. The van der Waals surface area contributed by atoms with Gasteiger partial charge in [0.05, 0.1) is 38.3 Å². The van der Waals surface area contributed by atoms with Crippen molar-refractivity contribution in [3.8, 4) is 44.8 Å². The van der Waals surface area contributed by atoms with E-state index in [4.69, 9.17) is 8.83 Å². The Bertz CT molecular complexity index is 5340. The van der Waals surface area contributed by atoms with E-state index in [1.807, 2.05) is 6.07 Å². The first-order valence-corrected chi connectivity index (χ1v) is 30.1. The first-order chi connectivity index (χ1) is 42.7. The standard InChI is InChI=1S/C81H47BN2O2/c1-2-22-48(23-3-1)83-68-40-16-18-42-72(68)85-77-70(83)44-45-71-78(77)86-73-43-19-17-41-69(73)84(71)49-46-66-76-67(47-49)81(60-34-14-8-28-54(60)55-29-9-15-35-61(55)81)65-39-21-37-63-75(65)82(76)74-62(79(63)56-30-10-4-24-50(56)51-25-5-11-31-57(51)79)36-20-38-64(74)80(66)58-32-12-6-26-52(58)53-27-7-13-33-59(53)80/h1-47H. The predicted octanol–water partition coefficient (Wildman–Crippen LogP) is 16.7. The molecule has 4 nitrogen and oxygen atoms in total. The summed E-state index contributed by atoms with van der Waals surface area (Å²) < 4.78 is 19.3. The second-order valence-electron chi connectivity index (χ2n) is 24.4. The van der Waals surface area contributed by atoms with Crippen molar-refractivity contribution < 1.29 is 8.83 Å². The van der Waals surface area contributed by atoms with Gasteiger partial charge in [0.1, 0.15) is 0 Å². The van der Waals surface area contributed by atoms with Gasteiger partial charge in [0.25, 0.3) is 0 Å². The molecule has 0 unspecified atom stereocenters. The lowest BCUT2D eigenvalue weighted by molar-refractivity contribution is 0.616.